The Kier molecular flexibility index (Phi) is 2.94. The summed E-state index contributed by atoms with van der Waals surface area (Å²) >= 11 is 5.84. The minimum absolute atomic E-state index is 0.718. The molecule has 1 fully saturated rings. The number of halogens is 1. The van der Waals surface area contributed by atoms with Crippen LogP contribution >= 0.6 is 11.6 Å². The highest BCUT2D eigenvalue weighted by Gasteiger charge is 2.15. The molecule has 1 aliphatic heterocycles. The molecule has 1 heterocycles. The second-order valence-electron chi connectivity index (χ2n) is 3.91. The highest BCUT2D eigenvalue weighted by atomic mass is 35.5. The van der Waals surface area contributed by atoms with Crippen LogP contribution in [0.1, 0.15) is 12.0 Å². The summed E-state index contributed by atoms with van der Waals surface area (Å²) in [5.41, 5.74) is 7.94. The highest BCUT2D eigenvalue weighted by Crippen LogP contribution is 2.22. The number of nitrogen functional groups attached to an aromatic ring is 1. The van der Waals surface area contributed by atoms with E-state index in [1.807, 2.05) is 18.2 Å². The second-order valence-corrected chi connectivity index (χ2v) is 4.34. The molecule has 3 heteroatoms. The summed E-state index contributed by atoms with van der Waals surface area (Å²) in [6.07, 6.45) is 2.32. The number of benzene rings is 1. The van der Waals surface area contributed by atoms with Crippen LogP contribution in [0.4, 0.5) is 5.69 Å². The monoisotopic (exact) mass is 210 g/mol. The number of nitrogens with two attached hydrogens (primary N) is 1. The van der Waals surface area contributed by atoms with Gasteiger partial charge in [0.1, 0.15) is 0 Å². The van der Waals surface area contributed by atoms with Gasteiger partial charge >= 0.3 is 0 Å². The average molecular weight is 211 g/mol. The van der Waals surface area contributed by atoms with Crippen molar-refractivity contribution in [1.82, 2.24) is 5.32 Å². The summed E-state index contributed by atoms with van der Waals surface area (Å²) in [4.78, 5) is 0. The summed E-state index contributed by atoms with van der Waals surface area (Å²) in [7, 11) is 0. The van der Waals surface area contributed by atoms with Gasteiger partial charge in [0.2, 0.25) is 0 Å². The van der Waals surface area contributed by atoms with E-state index >= 15 is 0 Å². The normalized spacial score (nSPS) is 21.4. The molecule has 3 N–H and O–H groups in total. The molecule has 76 valence electrons. The maximum absolute atomic E-state index is 5.89. The highest BCUT2D eigenvalue weighted by molar-refractivity contribution is 6.30. The van der Waals surface area contributed by atoms with Crippen molar-refractivity contribution in [1.29, 1.82) is 0 Å². The van der Waals surface area contributed by atoms with E-state index in [1.165, 1.54) is 12.0 Å². The van der Waals surface area contributed by atoms with Gasteiger partial charge in [-0.25, -0.2) is 0 Å². The molecule has 1 unspecified atom stereocenters. The smallest absolute Gasteiger partial charge is 0.0426 e. The number of nitrogens with one attached hydrogen (secondary N) is 1. The van der Waals surface area contributed by atoms with Gasteiger partial charge < -0.3 is 11.1 Å². The number of hydrogen-bond acceptors (Lipinski definition) is 2. The van der Waals surface area contributed by atoms with Crippen molar-refractivity contribution in [2.24, 2.45) is 5.92 Å². The molecule has 2 rings (SSSR count). The molecule has 0 aliphatic carbocycles. The maximum Gasteiger partial charge on any atom is 0.0426 e. The van der Waals surface area contributed by atoms with Crippen molar-refractivity contribution in [3.8, 4) is 0 Å². The minimum Gasteiger partial charge on any atom is -0.398 e. The first-order valence-electron chi connectivity index (χ1n) is 5.00. The van der Waals surface area contributed by atoms with Crippen LogP contribution in [-0.2, 0) is 6.42 Å². The van der Waals surface area contributed by atoms with E-state index in [-0.39, 0.29) is 0 Å². The lowest BCUT2D eigenvalue weighted by molar-refractivity contribution is 0.581. The summed E-state index contributed by atoms with van der Waals surface area (Å²) in [5.74, 6) is 0.735. The first-order chi connectivity index (χ1) is 6.75. The van der Waals surface area contributed by atoms with Crippen molar-refractivity contribution < 1.29 is 0 Å². The first kappa shape index (κ1) is 9.81. The van der Waals surface area contributed by atoms with Gasteiger partial charge in [-0.3, -0.25) is 0 Å². The van der Waals surface area contributed by atoms with Crippen LogP contribution in [0, 0.1) is 5.92 Å². The maximum atomic E-state index is 5.89. The van der Waals surface area contributed by atoms with E-state index < -0.39 is 0 Å². The molecule has 2 nitrogen and oxygen atoms in total. The van der Waals surface area contributed by atoms with Gasteiger partial charge in [-0.1, -0.05) is 17.7 Å². The van der Waals surface area contributed by atoms with E-state index in [0.717, 1.165) is 36.1 Å². The molecule has 1 aromatic rings. The zero-order valence-electron chi connectivity index (χ0n) is 8.09. The van der Waals surface area contributed by atoms with Gasteiger partial charge in [-0.15, -0.1) is 0 Å². The largest absolute Gasteiger partial charge is 0.398 e. The molecule has 1 saturated heterocycles. The molecule has 0 amide bonds. The second kappa shape index (κ2) is 4.20. The summed E-state index contributed by atoms with van der Waals surface area (Å²) in [5, 5.41) is 4.07. The number of hydrogen-bond donors (Lipinski definition) is 2. The molecular weight excluding hydrogens is 196 g/mol. The molecule has 1 aliphatic rings. The quantitative estimate of drug-likeness (QED) is 0.734. The van der Waals surface area contributed by atoms with Gasteiger partial charge in [0.25, 0.3) is 0 Å². The Labute approximate surface area is 89.4 Å². The average Bonchev–Trinajstić information content (AvgIpc) is 2.62. The van der Waals surface area contributed by atoms with Crippen molar-refractivity contribution in [2.45, 2.75) is 12.8 Å². The minimum atomic E-state index is 0.718. The summed E-state index contributed by atoms with van der Waals surface area (Å²) in [6, 6.07) is 5.78. The summed E-state index contributed by atoms with van der Waals surface area (Å²) < 4.78 is 0. The van der Waals surface area contributed by atoms with Crippen LogP contribution in [0.25, 0.3) is 0 Å². The standard InChI is InChI=1S/C11H15ClN2/c12-10-2-1-9(11(13)6-10)5-8-3-4-14-7-8/h1-2,6,8,14H,3-5,7,13H2. The Hall–Kier alpha value is -0.730. The zero-order chi connectivity index (χ0) is 9.97. The summed E-state index contributed by atoms with van der Waals surface area (Å²) in [6.45, 7) is 2.25. The van der Waals surface area contributed by atoms with E-state index in [2.05, 4.69) is 5.32 Å². The topological polar surface area (TPSA) is 38.0 Å². The van der Waals surface area contributed by atoms with Gasteiger partial charge in [-0.2, -0.15) is 0 Å². The molecule has 1 atom stereocenters. The number of rotatable bonds is 2. The molecule has 0 aromatic heterocycles. The number of anilines is 1. The third kappa shape index (κ3) is 2.20. The van der Waals surface area contributed by atoms with Crippen molar-refractivity contribution in [3.05, 3.63) is 28.8 Å². The Bertz CT molecular complexity index is 319. The van der Waals surface area contributed by atoms with Gasteiger partial charge in [0.05, 0.1) is 0 Å². The molecule has 0 spiro atoms. The van der Waals surface area contributed by atoms with Gasteiger partial charge in [-0.05, 0) is 49.5 Å². The predicted octanol–water partition coefficient (Wildman–Crippen LogP) is 2.07. The van der Waals surface area contributed by atoms with Gasteiger partial charge in [0.15, 0.2) is 0 Å². The fourth-order valence-corrected chi connectivity index (χ4v) is 2.13. The Balaban J connectivity index is 2.08. The SMILES string of the molecule is Nc1cc(Cl)ccc1CC1CCNC1. The van der Waals surface area contributed by atoms with E-state index in [0.29, 0.717) is 0 Å². The van der Waals surface area contributed by atoms with Crippen LogP contribution in [0.2, 0.25) is 5.02 Å². The zero-order valence-corrected chi connectivity index (χ0v) is 8.85. The van der Waals surface area contributed by atoms with Crippen LogP contribution < -0.4 is 11.1 Å². The molecular formula is C11H15ClN2. The third-order valence-corrected chi connectivity index (χ3v) is 3.01. The third-order valence-electron chi connectivity index (χ3n) is 2.78. The Morgan fingerprint density at radius 3 is 3.00 bits per heavy atom. The molecule has 1 aromatic carbocycles. The Morgan fingerprint density at radius 2 is 2.36 bits per heavy atom. The first-order valence-corrected chi connectivity index (χ1v) is 5.38. The van der Waals surface area contributed by atoms with Crippen LogP contribution in [0.5, 0.6) is 0 Å². The van der Waals surface area contributed by atoms with Crippen LogP contribution in [0.15, 0.2) is 18.2 Å². The molecule has 14 heavy (non-hydrogen) atoms. The van der Waals surface area contributed by atoms with Gasteiger partial charge in [0, 0.05) is 10.7 Å². The lowest BCUT2D eigenvalue weighted by atomic mass is 9.98. The lowest BCUT2D eigenvalue weighted by Gasteiger charge is -2.10. The molecule has 0 bridgehead atoms. The molecule has 0 radical (unpaired) electrons. The Morgan fingerprint density at radius 1 is 1.50 bits per heavy atom. The lowest BCUT2D eigenvalue weighted by Crippen LogP contribution is -2.11. The molecule has 0 saturated carbocycles. The van der Waals surface area contributed by atoms with Crippen molar-refractivity contribution in [3.63, 3.8) is 0 Å². The predicted molar refractivity (Wildman–Crippen MR) is 60.5 cm³/mol. The van der Waals surface area contributed by atoms with E-state index in [1.54, 1.807) is 0 Å². The van der Waals surface area contributed by atoms with Crippen LogP contribution in [-0.4, -0.2) is 13.1 Å². The van der Waals surface area contributed by atoms with E-state index in [4.69, 9.17) is 17.3 Å². The van der Waals surface area contributed by atoms with E-state index in [9.17, 15) is 0 Å². The van der Waals surface area contributed by atoms with Crippen LogP contribution in [0.3, 0.4) is 0 Å². The fraction of sp³-hybridized carbons (Fsp3) is 0.455. The fourth-order valence-electron chi connectivity index (χ4n) is 1.95. The van der Waals surface area contributed by atoms with Crippen molar-refractivity contribution >= 4 is 17.3 Å². The van der Waals surface area contributed by atoms with Crippen molar-refractivity contribution in [2.75, 3.05) is 18.8 Å².